The lowest BCUT2D eigenvalue weighted by atomic mass is 9.83. The second-order valence-corrected chi connectivity index (χ2v) is 5.17. The number of carbonyl (C=O) groups excluding carboxylic acids is 1. The van der Waals surface area contributed by atoms with Crippen LogP contribution in [0.15, 0.2) is 30.3 Å². The van der Waals surface area contributed by atoms with E-state index in [9.17, 15) is 4.79 Å². The van der Waals surface area contributed by atoms with Crippen LogP contribution < -0.4 is 10.6 Å². The molecule has 1 heterocycles. The van der Waals surface area contributed by atoms with Gasteiger partial charge in [-0.25, -0.2) is 0 Å². The summed E-state index contributed by atoms with van der Waals surface area (Å²) in [7, 11) is 0. The number of amides is 1. The predicted octanol–water partition coefficient (Wildman–Crippen LogP) is 2.25. The smallest absolute Gasteiger partial charge is 0.228 e. The maximum Gasteiger partial charge on any atom is 0.228 e. The summed E-state index contributed by atoms with van der Waals surface area (Å²) in [6.45, 7) is 5.89. The van der Waals surface area contributed by atoms with Gasteiger partial charge in [0.15, 0.2) is 0 Å². The molecule has 1 fully saturated rings. The lowest BCUT2D eigenvalue weighted by Crippen LogP contribution is -2.43. The second kappa shape index (κ2) is 5.53. The van der Waals surface area contributed by atoms with Crippen molar-refractivity contribution in [3.8, 4) is 0 Å². The van der Waals surface area contributed by atoms with E-state index < -0.39 is 0 Å². The van der Waals surface area contributed by atoms with E-state index in [1.54, 1.807) is 0 Å². The third-order valence-corrected chi connectivity index (χ3v) is 4.05. The molecule has 0 aliphatic carbocycles. The van der Waals surface area contributed by atoms with E-state index in [1.807, 2.05) is 25.1 Å². The monoisotopic (exact) mass is 246 g/mol. The summed E-state index contributed by atoms with van der Waals surface area (Å²) < 4.78 is 0. The minimum absolute atomic E-state index is 0.0720. The first-order valence-corrected chi connectivity index (χ1v) is 6.74. The van der Waals surface area contributed by atoms with Crippen molar-refractivity contribution in [2.45, 2.75) is 32.7 Å². The van der Waals surface area contributed by atoms with Crippen molar-refractivity contribution in [1.82, 2.24) is 10.6 Å². The molecule has 1 amide bonds. The van der Waals surface area contributed by atoms with Crippen molar-refractivity contribution in [3.63, 3.8) is 0 Å². The van der Waals surface area contributed by atoms with Gasteiger partial charge in [0, 0.05) is 6.54 Å². The Balaban J connectivity index is 2.03. The highest BCUT2D eigenvalue weighted by Crippen LogP contribution is 2.30. The summed E-state index contributed by atoms with van der Waals surface area (Å²) in [6, 6.07) is 10.2. The molecule has 0 saturated carbocycles. The minimum atomic E-state index is -0.205. The Kier molecular flexibility index (Phi) is 4.02. The Morgan fingerprint density at radius 3 is 2.72 bits per heavy atom. The molecule has 98 valence electrons. The minimum Gasteiger partial charge on any atom is -0.349 e. The Labute approximate surface area is 109 Å². The van der Waals surface area contributed by atoms with Gasteiger partial charge in [-0.3, -0.25) is 4.79 Å². The topological polar surface area (TPSA) is 41.1 Å². The summed E-state index contributed by atoms with van der Waals surface area (Å²) in [5.41, 5.74) is 0.950. The highest BCUT2D eigenvalue weighted by molar-refractivity contribution is 5.83. The molecule has 1 aliphatic heterocycles. The summed E-state index contributed by atoms with van der Waals surface area (Å²) in [6.07, 6.45) is 1.84. The van der Waals surface area contributed by atoms with Gasteiger partial charge in [-0.15, -0.1) is 0 Å². The van der Waals surface area contributed by atoms with E-state index in [-0.39, 0.29) is 17.4 Å². The van der Waals surface area contributed by atoms with Gasteiger partial charge in [0.05, 0.1) is 11.5 Å². The molecule has 1 aromatic rings. The van der Waals surface area contributed by atoms with Gasteiger partial charge >= 0.3 is 0 Å². The van der Waals surface area contributed by atoms with Crippen molar-refractivity contribution in [3.05, 3.63) is 35.9 Å². The number of nitrogens with one attached hydrogen (secondary N) is 2. The number of carbonyl (C=O) groups is 1. The van der Waals surface area contributed by atoms with Crippen LogP contribution in [0.2, 0.25) is 0 Å². The first kappa shape index (κ1) is 13.1. The van der Waals surface area contributed by atoms with Crippen LogP contribution in [0, 0.1) is 5.41 Å². The van der Waals surface area contributed by atoms with Gasteiger partial charge < -0.3 is 10.6 Å². The predicted molar refractivity (Wildman–Crippen MR) is 73.2 cm³/mol. The van der Waals surface area contributed by atoms with E-state index in [1.165, 1.54) is 0 Å². The average molecular weight is 246 g/mol. The van der Waals surface area contributed by atoms with Crippen molar-refractivity contribution in [1.29, 1.82) is 0 Å². The fraction of sp³-hybridized carbons (Fsp3) is 0.533. The van der Waals surface area contributed by atoms with Crippen LogP contribution in [0.3, 0.4) is 0 Å². The Hall–Kier alpha value is -1.35. The Morgan fingerprint density at radius 2 is 2.17 bits per heavy atom. The number of rotatable bonds is 4. The van der Waals surface area contributed by atoms with Crippen LogP contribution in [0.25, 0.3) is 0 Å². The van der Waals surface area contributed by atoms with E-state index in [4.69, 9.17) is 0 Å². The molecule has 1 aliphatic rings. The molecular weight excluding hydrogens is 224 g/mol. The summed E-state index contributed by atoms with van der Waals surface area (Å²) in [5.74, 6) is 0.186. The zero-order valence-electron chi connectivity index (χ0n) is 11.2. The quantitative estimate of drug-likeness (QED) is 0.855. The van der Waals surface area contributed by atoms with E-state index in [2.05, 4.69) is 29.7 Å². The van der Waals surface area contributed by atoms with Gasteiger partial charge in [-0.05, 0) is 31.9 Å². The molecule has 0 bridgehead atoms. The Morgan fingerprint density at radius 1 is 1.44 bits per heavy atom. The summed E-state index contributed by atoms with van der Waals surface area (Å²) >= 11 is 0. The normalized spacial score (nSPS) is 24.8. The van der Waals surface area contributed by atoms with Gasteiger partial charge in [0.1, 0.15) is 0 Å². The van der Waals surface area contributed by atoms with Crippen LogP contribution in [0.4, 0.5) is 0 Å². The molecule has 18 heavy (non-hydrogen) atoms. The highest BCUT2D eigenvalue weighted by Gasteiger charge is 2.39. The third-order valence-electron chi connectivity index (χ3n) is 4.05. The molecule has 2 unspecified atom stereocenters. The lowest BCUT2D eigenvalue weighted by molar-refractivity contribution is -0.131. The van der Waals surface area contributed by atoms with Crippen LogP contribution in [0.1, 0.15) is 38.3 Å². The van der Waals surface area contributed by atoms with E-state index in [0.717, 1.165) is 31.5 Å². The fourth-order valence-corrected chi connectivity index (χ4v) is 2.57. The summed E-state index contributed by atoms with van der Waals surface area (Å²) in [5, 5.41) is 6.45. The average Bonchev–Trinajstić information content (AvgIpc) is 2.89. The van der Waals surface area contributed by atoms with Gasteiger partial charge in [-0.2, -0.15) is 0 Å². The molecule has 3 nitrogen and oxygen atoms in total. The molecule has 2 N–H and O–H groups in total. The van der Waals surface area contributed by atoms with Crippen LogP contribution in [-0.4, -0.2) is 19.0 Å². The van der Waals surface area contributed by atoms with Crippen LogP contribution in [0.5, 0.6) is 0 Å². The first-order chi connectivity index (χ1) is 8.68. The highest BCUT2D eigenvalue weighted by atomic mass is 16.2. The molecular formula is C15H22N2O. The SMILES string of the molecule is CCC1(C(=O)NC(C)c2ccccc2)CCNC1. The van der Waals surface area contributed by atoms with Crippen LogP contribution >= 0.6 is 0 Å². The maximum absolute atomic E-state index is 12.4. The van der Waals surface area contributed by atoms with Crippen molar-refractivity contribution in [2.24, 2.45) is 5.41 Å². The molecule has 0 spiro atoms. The van der Waals surface area contributed by atoms with E-state index in [0.29, 0.717) is 0 Å². The van der Waals surface area contributed by atoms with Crippen molar-refractivity contribution >= 4 is 5.91 Å². The number of hydrogen-bond acceptors (Lipinski definition) is 2. The zero-order chi connectivity index (χ0) is 13.0. The van der Waals surface area contributed by atoms with Crippen LogP contribution in [-0.2, 0) is 4.79 Å². The first-order valence-electron chi connectivity index (χ1n) is 6.74. The fourth-order valence-electron chi connectivity index (χ4n) is 2.57. The molecule has 2 rings (SSSR count). The van der Waals surface area contributed by atoms with Crippen molar-refractivity contribution in [2.75, 3.05) is 13.1 Å². The van der Waals surface area contributed by atoms with Gasteiger partial charge in [0.2, 0.25) is 5.91 Å². The van der Waals surface area contributed by atoms with Gasteiger partial charge in [0.25, 0.3) is 0 Å². The number of hydrogen-bond donors (Lipinski definition) is 2. The second-order valence-electron chi connectivity index (χ2n) is 5.17. The van der Waals surface area contributed by atoms with Crippen molar-refractivity contribution < 1.29 is 4.79 Å². The Bertz CT molecular complexity index is 396. The van der Waals surface area contributed by atoms with E-state index >= 15 is 0 Å². The molecule has 2 atom stereocenters. The lowest BCUT2D eigenvalue weighted by Gasteiger charge is -2.27. The molecule has 1 aromatic carbocycles. The maximum atomic E-state index is 12.4. The summed E-state index contributed by atoms with van der Waals surface area (Å²) in [4.78, 5) is 12.4. The molecule has 0 aromatic heterocycles. The number of benzene rings is 1. The van der Waals surface area contributed by atoms with Gasteiger partial charge in [-0.1, -0.05) is 37.3 Å². The molecule has 0 radical (unpaired) electrons. The molecule has 1 saturated heterocycles. The third kappa shape index (κ3) is 2.56. The standard InChI is InChI=1S/C15H22N2O/c1-3-15(9-10-16-11-15)14(18)17-12(2)13-7-5-4-6-8-13/h4-8,12,16H,3,9-11H2,1-2H3,(H,17,18). The largest absolute Gasteiger partial charge is 0.349 e. The molecule has 3 heteroatoms. The zero-order valence-corrected chi connectivity index (χ0v) is 11.2.